The lowest BCUT2D eigenvalue weighted by atomic mass is 9.88. The van der Waals surface area contributed by atoms with Crippen LogP contribution < -0.4 is 4.74 Å². The van der Waals surface area contributed by atoms with Gasteiger partial charge in [0.1, 0.15) is 5.69 Å². The summed E-state index contributed by atoms with van der Waals surface area (Å²) in [7, 11) is 1.44. The number of ether oxygens (including phenoxy) is 2. The van der Waals surface area contributed by atoms with Crippen LogP contribution >= 0.6 is 0 Å². The number of aromatic amines is 1. The van der Waals surface area contributed by atoms with Gasteiger partial charge in [-0.15, -0.1) is 0 Å². The maximum absolute atomic E-state index is 11.5. The van der Waals surface area contributed by atoms with Crippen molar-refractivity contribution in [3.8, 4) is 5.75 Å². The van der Waals surface area contributed by atoms with E-state index in [9.17, 15) is 4.79 Å². The zero-order chi connectivity index (χ0) is 13.2. The summed E-state index contributed by atoms with van der Waals surface area (Å²) in [6.07, 6.45) is 6.53. The van der Waals surface area contributed by atoms with E-state index < -0.39 is 0 Å². The predicted octanol–water partition coefficient (Wildman–Crippen LogP) is 2.09. The van der Waals surface area contributed by atoms with Crippen LogP contribution in [0.4, 0.5) is 0 Å². The number of esters is 1. The fourth-order valence-electron chi connectivity index (χ4n) is 2.76. The Morgan fingerprint density at radius 3 is 3.16 bits per heavy atom. The normalized spacial score (nSPS) is 22.2. The van der Waals surface area contributed by atoms with Gasteiger partial charge in [0.25, 0.3) is 0 Å². The van der Waals surface area contributed by atoms with E-state index in [4.69, 9.17) is 9.47 Å². The standard InChI is InChI=1S/C14H18N2O3/c1-18-14(17)10-6-4-9(5-7-10)12-13-11(15-16-12)3-2-8-19-13/h4,10H,2-3,5-8H2,1H3,(H,15,16). The molecule has 1 aliphatic heterocycles. The fourth-order valence-corrected chi connectivity index (χ4v) is 2.76. The number of hydrogen-bond acceptors (Lipinski definition) is 4. The zero-order valence-electron chi connectivity index (χ0n) is 11.1. The Balaban J connectivity index is 1.79. The topological polar surface area (TPSA) is 64.2 Å². The molecule has 1 unspecified atom stereocenters. The maximum Gasteiger partial charge on any atom is 0.308 e. The average molecular weight is 262 g/mol. The van der Waals surface area contributed by atoms with Gasteiger partial charge in [0.05, 0.1) is 25.3 Å². The molecule has 0 aromatic carbocycles. The number of methoxy groups -OCH3 is 1. The van der Waals surface area contributed by atoms with Crippen molar-refractivity contribution in [1.29, 1.82) is 0 Å². The first-order valence-corrected chi connectivity index (χ1v) is 6.77. The number of aryl methyl sites for hydroxylation is 1. The molecule has 102 valence electrons. The van der Waals surface area contributed by atoms with E-state index in [1.807, 2.05) is 0 Å². The lowest BCUT2D eigenvalue weighted by Gasteiger charge is -2.20. The molecule has 0 fully saturated rings. The summed E-state index contributed by atoms with van der Waals surface area (Å²) in [4.78, 5) is 11.5. The first kappa shape index (κ1) is 12.3. The van der Waals surface area contributed by atoms with Crippen molar-refractivity contribution in [2.45, 2.75) is 32.1 Å². The highest BCUT2D eigenvalue weighted by atomic mass is 16.5. The molecule has 2 heterocycles. The van der Waals surface area contributed by atoms with Gasteiger partial charge in [0, 0.05) is 0 Å². The number of nitrogens with zero attached hydrogens (tertiary/aromatic N) is 1. The first-order chi connectivity index (χ1) is 9.29. The van der Waals surface area contributed by atoms with Crippen LogP contribution in [0.15, 0.2) is 6.08 Å². The quantitative estimate of drug-likeness (QED) is 0.829. The van der Waals surface area contributed by atoms with E-state index in [2.05, 4.69) is 16.3 Å². The third-order valence-electron chi connectivity index (χ3n) is 3.86. The van der Waals surface area contributed by atoms with Crippen LogP contribution in [-0.2, 0) is 16.0 Å². The van der Waals surface area contributed by atoms with Gasteiger partial charge in [-0.05, 0) is 37.7 Å². The van der Waals surface area contributed by atoms with Gasteiger partial charge in [0.2, 0.25) is 0 Å². The van der Waals surface area contributed by atoms with Crippen molar-refractivity contribution in [2.75, 3.05) is 13.7 Å². The largest absolute Gasteiger partial charge is 0.489 e. The molecule has 0 spiro atoms. The second kappa shape index (κ2) is 5.07. The number of carbonyl (C=O) groups is 1. The van der Waals surface area contributed by atoms with Gasteiger partial charge in [-0.25, -0.2) is 0 Å². The van der Waals surface area contributed by atoms with Crippen LogP contribution in [0, 0.1) is 5.92 Å². The Morgan fingerprint density at radius 2 is 2.42 bits per heavy atom. The van der Waals surface area contributed by atoms with Gasteiger partial charge in [0.15, 0.2) is 5.75 Å². The Bertz CT molecular complexity index is 519. The molecule has 0 saturated heterocycles. The van der Waals surface area contributed by atoms with Crippen molar-refractivity contribution in [2.24, 2.45) is 5.92 Å². The van der Waals surface area contributed by atoms with Crippen molar-refractivity contribution in [1.82, 2.24) is 10.2 Å². The summed E-state index contributed by atoms with van der Waals surface area (Å²) >= 11 is 0. The van der Waals surface area contributed by atoms with Crippen LogP contribution in [0.2, 0.25) is 0 Å². The Kier molecular flexibility index (Phi) is 3.27. The lowest BCUT2D eigenvalue weighted by Crippen LogP contribution is -2.18. The minimum atomic E-state index is -0.115. The molecule has 2 aliphatic rings. The van der Waals surface area contributed by atoms with E-state index >= 15 is 0 Å². The third-order valence-corrected chi connectivity index (χ3v) is 3.86. The molecule has 19 heavy (non-hydrogen) atoms. The Morgan fingerprint density at radius 1 is 1.53 bits per heavy atom. The van der Waals surface area contributed by atoms with E-state index in [1.54, 1.807) is 0 Å². The monoisotopic (exact) mass is 262 g/mol. The lowest BCUT2D eigenvalue weighted by molar-refractivity contribution is -0.145. The molecule has 1 aliphatic carbocycles. The highest BCUT2D eigenvalue weighted by Gasteiger charge is 2.26. The number of hydrogen-bond donors (Lipinski definition) is 1. The van der Waals surface area contributed by atoms with Crippen molar-refractivity contribution in [3.63, 3.8) is 0 Å². The van der Waals surface area contributed by atoms with E-state index in [0.29, 0.717) is 0 Å². The molecule has 5 heteroatoms. The summed E-state index contributed by atoms with van der Waals surface area (Å²) in [6, 6.07) is 0. The van der Waals surface area contributed by atoms with Crippen LogP contribution in [0.25, 0.3) is 5.57 Å². The van der Waals surface area contributed by atoms with Crippen LogP contribution in [0.5, 0.6) is 5.75 Å². The van der Waals surface area contributed by atoms with E-state index in [-0.39, 0.29) is 11.9 Å². The van der Waals surface area contributed by atoms with Gasteiger partial charge in [-0.3, -0.25) is 9.89 Å². The summed E-state index contributed by atoms with van der Waals surface area (Å²) < 4.78 is 10.5. The molecule has 0 saturated carbocycles. The molecule has 5 nitrogen and oxygen atoms in total. The number of fused-ring (bicyclic) bond motifs is 1. The van der Waals surface area contributed by atoms with Gasteiger partial charge in [-0.2, -0.15) is 5.10 Å². The van der Waals surface area contributed by atoms with Crippen LogP contribution in [-0.4, -0.2) is 29.9 Å². The molecule has 3 rings (SSSR count). The summed E-state index contributed by atoms with van der Waals surface area (Å²) in [6.45, 7) is 0.762. The third kappa shape index (κ3) is 2.25. The molecule has 1 atom stereocenters. The number of rotatable bonds is 2. The second-order valence-electron chi connectivity index (χ2n) is 5.06. The number of carbonyl (C=O) groups excluding carboxylic acids is 1. The second-order valence-corrected chi connectivity index (χ2v) is 5.06. The average Bonchev–Trinajstić information content (AvgIpc) is 2.90. The molecule has 1 aromatic heterocycles. The summed E-state index contributed by atoms with van der Waals surface area (Å²) in [5.41, 5.74) is 3.20. The highest BCUT2D eigenvalue weighted by molar-refractivity contribution is 5.76. The van der Waals surface area contributed by atoms with Gasteiger partial charge >= 0.3 is 5.97 Å². The molecule has 0 amide bonds. The maximum atomic E-state index is 11.5. The van der Waals surface area contributed by atoms with Crippen molar-refractivity contribution in [3.05, 3.63) is 17.5 Å². The van der Waals surface area contributed by atoms with Crippen LogP contribution in [0.3, 0.4) is 0 Å². The number of aromatic nitrogens is 2. The highest BCUT2D eigenvalue weighted by Crippen LogP contribution is 2.37. The van der Waals surface area contributed by atoms with Crippen molar-refractivity contribution < 1.29 is 14.3 Å². The molecule has 1 aromatic rings. The van der Waals surface area contributed by atoms with Crippen molar-refractivity contribution >= 4 is 11.5 Å². The molecular formula is C14H18N2O3. The van der Waals surface area contributed by atoms with Crippen LogP contribution in [0.1, 0.15) is 37.1 Å². The number of allylic oxidation sites excluding steroid dienone is 2. The smallest absolute Gasteiger partial charge is 0.308 e. The molecule has 0 bridgehead atoms. The minimum absolute atomic E-state index is 0.00978. The Labute approximate surface area is 112 Å². The Hall–Kier alpha value is -1.78. The zero-order valence-corrected chi connectivity index (χ0v) is 11.1. The molecule has 1 N–H and O–H groups in total. The summed E-state index contributed by atoms with van der Waals surface area (Å²) in [5, 5.41) is 7.44. The van der Waals surface area contributed by atoms with E-state index in [0.717, 1.165) is 55.8 Å². The molecule has 0 radical (unpaired) electrons. The fraction of sp³-hybridized carbons (Fsp3) is 0.571. The van der Waals surface area contributed by atoms with Gasteiger partial charge in [-0.1, -0.05) is 6.08 Å². The number of nitrogens with one attached hydrogen (secondary N) is 1. The number of H-pyrrole nitrogens is 1. The van der Waals surface area contributed by atoms with E-state index in [1.165, 1.54) is 12.7 Å². The molecular weight excluding hydrogens is 244 g/mol. The first-order valence-electron chi connectivity index (χ1n) is 6.77. The minimum Gasteiger partial charge on any atom is -0.489 e. The summed E-state index contributed by atoms with van der Waals surface area (Å²) in [5.74, 6) is 0.786. The SMILES string of the molecule is COC(=O)C1CC=C(c2n[nH]c3c2OCCC3)CC1. The predicted molar refractivity (Wildman–Crippen MR) is 69.7 cm³/mol. The van der Waals surface area contributed by atoms with Gasteiger partial charge < -0.3 is 9.47 Å².